The Morgan fingerprint density at radius 2 is 2.27 bits per heavy atom. The van der Waals surface area contributed by atoms with E-state index in [4.69, 9.17) is 22.3 Å². The van der Waals surface area contributed by atoms with E-state index in [0.29, 0.717) is 13.8 Å². The molecule has 1 heterocycles. The molecule has 0 amide bonds. The third-order valence-electron chi connectivity index (χ3n) is 1.25. The van der Waals surface area contributed by atoms with Crippen molar-refractivity contribution in [3.8, 4) is 0 Å². The molecule has 0 bridgehead atoms. The van der Waals surface area contributed by atoms with Gasteiger partial charge in [-0.3, -0.25) is 0 Å². The van der Waals surface area contributed by atoms with Crippen LogP contribution in [0.15, 0.2) is 22.6 Å². The second-order valence-corrected chi connectivity index (χ2v) is 9.27. The van der Waals surface area contributed by atoms with Crippen molar-refractivity contribution in [1.29, 1.82) is 0 Å². The molecule has 1 atom stereocenters. The van der Waals surface area contributed by atoms with E-state index in [1.54, 1.807) is 0 Å². The van der Waals surface area contributed by atoms with Crippen LogP contribution in [0.25, 0.3) is 0 Å². The van der Waals surface area contributed by atoms with Crippen molar-refractivity contribution >= 4 is 54.6 Å². The van der Waals surface area contributed by atoms with Gasteiger partial charge < -0.3 is 0 Å². The number of benzene rings is 1. The van der Waals surface area contributed by atoms with Crippen LogP contribution in [-0.4, -0.2) is 13.8 Å². The van der Waals surface area contributed by atoms with Crippen LogP contribution in [0.2, 0.25) is 5.02 Å². The predicted octanol–water partition coefficient (Wildman–Crippen LogP) is 2.19. The van der Waals surface area contributed by atoms with Crippen LogP contribution in [0.1, 0.15) is 0 Å². The number of fused-ring (bicyclic) bond motifs is 1. The molecule has 0 aliphatic carbocycles. The van der Waals surface area contributed by atoms with Crippen LogP contribution in [0.4, 0.5) is 5.69 Å². The summed E-state index contributed by atoms with van der Waals surface area (Å²) in [5, 5.41) is 0.774. The van der Waals surface area contributed by atoms with Gasteiger partial charge in [0.25, 0.3) is 0 Å². The fraction of sp³-hybridized carbons (Fsp3) is 0. The zero-order chi connectivity index (χ0) is 7.84. The quantitative estimate of drug-likeness (QED) is 0.641. The van der Waals surface area contributed by atoms with Crippen molar-refractivity contribution < 1.29 is 0 Å². The molecule has 0 saturated heterocycles. The molecule has 1 aromatic carbocycles. The minimum atomic E-state index is -0.277. The van der Waals surface area contributed by atoms with Gasteiger partial charge in [0.05, 0.1) is 0 Å². The number of rotatable bonds is 0. The number of hydrogen-bond donors (Lipinski definition) is 0. The van der Waals surface area contributed by atoms with Gasteiger partial charge in [-0.2, -0.15) is 0 Å². The van der Waals surface area contributed by atoms with Gasteiger partial charge in [0.15, 0.2) is 0 Å². The van der Waals surface area contributed by atoms with Gasteiger partial charge in [0.1, 0.15) is 0 Å². The Balaban J connectivity index is 2.52. The third kappa shape index (κ3) is 1.63. The van der Waals surface area contributed by atoms with Crippen LogP contribution < -0.4 is 4.46 Å². The average Bonchev–Trinajstić information content (AvgIpc) is 2.27. The molecule has 0 aromatic heterocycles. The van der Waals surface area contributed by atoms with Crippen LogP contribution in [0.3, 0.4) is 0 Å². The van der Waals surface area contributed by atoms with E-state index in [-0.39, 0.29) is 8.32 Å². The number of nitrogens with zero attached hydrogens (tertiary/aromatic N) is 1. The molecule has 0 N–H and O–H groups in total. The molecule has 0 radical (unpaired) electrons. The Bertz CT molecular complexity index is 339. The van der Waals surface area contributed by atoms with E-state index in [1.807, 2.05) is 18.2 Å². The second-order valence-electron chi connectivity index (χ2n) is 1.99. The van der Waals surface area contributed by atoms with E-state index in [2.05, 4.69) is 4.36 Å². The molecule has 1 aliphatic rings. The number of halogens is 2. The Morgan fingerprint density at radius 1 is 1.45 bits per heavy atom. The molecule has 1 aromatic rings. The van der Waals surface area contributed by atoms with E-state index < -0.39 is 0 Å². The van der Waals surface area contributed by atoms with Crippen molar-refractivity contribution in [1.82, 2.24) is 0 Å². The standard InChI is InChI=1S/C6H3Cl2NSSe/c7-4-1-2-5-6(3-4)11-10(8)9-5/h1-3H. The monoisotopic (exact) mass is 271 g/mol. The van der Waals surface area contributed by atoms with Crippen LogP contribution in [0, 0.1) is 0 Å². The van der Waals surface area contributed by atoms with Crippen molar-refractivity contribution in [2.75, 3.05) is 0 Å². The second kappa shape index (κ2) is 3.08. The summed E-state index contributed by atoms with van der Waals surface area (Å²) in [6, 6.07) is 5.73. The van der Waals surface area contributed by atoms with Crippen LogP contribution >= 0.6 is 22.3 Å². The molecule has 11 heavy (non-hydrogen) atoms. The van der Waals surface area contributed by atoms with E-state index in [1.165, 1.54) is 4.46 Å². The molecule has 58 valence electrons. The Kier molecular flexibility index (Phi) is 2.26. The van der Waals surface area contributed by atoms with Gasteiger partial charge in [0.2, 0.25) is 0 Å². The molecule has 1 unspecified atom stereocenters. The fourth-order valence-corrected chi connectivity index (χ4v) is 6.18. The van der Waals surface area contributed by atoms with Crippen LogP contribution in [0.5, 0.6) is 0 Å². The summed E-state index contributed by atoms with van der Waals surface area (Å²) < 4.78 is 5.48. The molecule has 0 saturated carbocycles. The van der Waals surface area contributed by atoms with E-state index >= 15 is 0 Å². The molecule has 0 spiro atoms. The SMILES string of the molecule is Clc1ccc2c(c1)[Se]S(Cl)=N2. The summed E-state index contributed by atoms with van der Waals surface area (Å²) in [4.78, 5) is 0. The Morgan fingerprint density at radius 3 is 3.09 bits per heavy atom. The maximum absolute atomic E-state index is 5.88. The maximum atomic E-state index is 5.88. The van der Waals surface area contributed by atoms with Gasteiger partial charge in [-0.05, 0) is 0 Å². The van der Waals surface area contributed by atoms with Crippen molar-refractivity contribution in [2.24, 2.45) is 4.36 Å². The first-order valence-electron chi connectivity index (χ1n) is 2.86. The summed E-state index contributed by atoms with van der Waals surface area (Å²) in [7, 11) is 5.60. The molecule has 2 rings (SSSR count). The normalized spacial score (nSPS) is 21.1. The zero-order valence-electron chi connectivity index (χ0n) is 5.25. The predicted molar refractivity (Wildman–Crippen MR) is 52.1 cm³/mol. The zero-order valence-corrected chi connectivity index (χ0v) is 9.29. The fourth-order valence-electron chi connectivity index (χ4n) is 0.800. The van der Waals surface area contributed by atoms with Gasteiger partial charge in [0, 0.05) is 0 Å². The topological polar surface area (TPSA) is 12.4 Å². The van der Waals surface area contributed by atoms with E-state index in [9.17, 15) is 0 Å². The minimum absolute atomic E-state index is 0.277. The Labute approximate surface area is 81.9 Å². The summed E-state index contributed by atoms with van der Waals surface area (Å²) in [5.41, 5.74) is 1.02. The molecule has 1 aliphatic heterocycles. The first kappa shape index (κ1) is 8.09. The van der Waals surface area contributed by atoms with Crippen molar-refractivity contribution in [2.45, 2.75) is 0 Å². The number of hydrogen-bond acceptors (Lipinski definition) is 1. The van der Waals surface area contributed by atoms with Crippen LogP contribution in [-0.2, 0) is 8.32 Å². The first-order chi connectivity index (χ1) is 5.25. The van der Waals surface area contributed by atoms with Gasteiger partial charge >= 0.3 is 82.2 Å². The summed E-state index contributed by atoms with van der Waals surface area (Å²) in [5.74, 6) is 0. The van der Waals surface area contributed by atoms with Gasteiger partial charge in [-0.25, -0.2) is 0 Å². The van der Waals surface area contributed by atoms with E-state index in [0.717, 1.165) is 10.7 Å². The first-order valence-corrected chi connectivity index (χ1v) is 8.12. The molecule has 5 heteroatoms. The van der Waals surface area contributed by atoms with Crippen molar-refractivity contribution in [3.63, 3.8) is 0 Å². The molecular weight excluding hydrogens is 268 g/mol. The van der Waals surface area contributed by atoms with Gasteiger partial charge in [-0.15, -0.1) is 0 Å². The van der Waals surface area contributed by atoms with Crippen molar-refractivity contribution in [3.05, 3.63) is 23.2 Å². The summed E-state index contributed by atoms with van der Waals surface area (Å²) in [6.45, 7) is 0. The van der Waals surface area contributed by atoms with Gasteiger partial charge in [-0.1, -0.05) is 0 Å². The summed E-state index contributed by atoms with van der Waals surface area (Å²) >= 11 is 6.09. The molecule has 0 fully saturated rings. The molecular formula is C6H3Cl2NSSe. The molecule has 1 nitrogen and oxygen atoms in total. The summed E-state index contributed by atoms with van der Waals surface area (Å²) in [6.07, 6.45) is 0. The third-order valence-corrected chi connectivity index (χ3v) is 6.48. The average molecular weight is 271 g/mol. The Hall–Kier alpha value is 0.469.